The number of rotatable bonds is 5. The number of amides is 1. The van der Waals surface area contributed by atoms with Crippen molar-refractivity contribution in [1.82, 2.24) is 9.97 Å². The van der Waals surface area contributed by atoms with Crippen molar-refractivity contribution in [3.8, 4) is 11.3 Å². The number of aryl methyl sites for hydroxylation is 2. The summed E-state index contributed by atoms with van der Waals surface area (Å²) in [5.41, 5.74) is 7.47. The van der Waals surface area contributed by atoms with Crippen molar-refractivity contribution in [3.05, 3.63) is 125 Å². The molecule has 0 bridgehead atoms. The monoisotopic (exact) mass is 499 g/mol. The summed E-state index contributed by atoms with van der Waals surface area (Å²) in [5, 5.41) is 1.53. The first-order valence-corrected chi connectivity index (χ1v) is 13.1. The van der Waals surface area contributed by atoms with Gasteiger partial charge in [-0.1, -0.05) is 96.3 Å². The Morgan fingerprint density at radius 3 is 2.27 bits per heavy atom. The minimum Gasteiger partial charge on any atom is -0.279 e. The van der Waals surface area contributed by atoms with Gasteiger partial charge in [-0.3, -0.25) is 9.69 Å². The Kier molecular flexibility index (Phi) is 5.99. The van der Waals surface area contributed by atoms with Crippen molar-refractivity contribution in [1.29, 1.82) is 0 Å². The van der Waals surface area contributed by atoms with Gasteiger partial charge in [-0.25, -0.2) is 9.97 Å². The van der Waals surface area contributed by atoms with Crippen LogP contribution in [0.3, 0.4) is 0 Å². The highest BCUT2D eigenvalue weighted by Gasteiger charge is 2.25. The average molecular weight is 500 g/mol. The van der Waals surface area contributed by atoms with Gasteiger partial charge < -0.3 is 0 Å². The van der Waals surface area contributed by atoms with E-state index in [2.05, 4.69) is 26.0 Å². The summed E-state index contributed by atoms with van der Waals surface area (Å²) in [6, 6.07) is 34.1. The molecule has 180 valence electrons. The predicted molar refractivity (Wildman–Crippen MR) is 153 cm³/mol. The molecule has 4 nitrogen and oxygen atoms in total. The van der Waals surface area contributed by atoms with E-state index in [1.54, 1.807) is 11.3 Å². The maximum atomic E-state index is 14.4. The molecule has 0 N–H and O–H groups in total. The molecule has 6 aromatic rings. The number of pyridine rings is 1. The molecule has 6 rings (SSSR count). The number of thiazole rings is 1. The topological polar surface area (TPSA) is 46.1 Å². The van der Waals surface area contributed by atoms with Gasteiger partial charge in [0.05, 0.1) is 33.5 Å². The van der Waals surface area contributed by atoms with E-state index in [9.17, 15) is 4.79 Å². The molecule has 0 aliphatic rings. The Balaban J connectivity index is 1.53. The van der Waals surface area contributed by atoms with Gasteiger partial charge in [-0.15, -0.1) is 0 Å². The highest BCUT2D eigenvalue weighted by Crippen LogP contribution is 2.35. The van der Waals surface area contributed by atoms with E-state index in [1.807, 2.05) is 95.9 Å². The Morgan fingerprint density at radius 2 is 1.49 bits per heavy atom. The molecule has 0 saturated carbocycles. The second kappa shape index (κ2) is 9.60. The summed E-state index contributed by atoms with van der Waals surface area (Å²) in [5.74, 6) is -0.0898. The van der Waals surface area contributed by atoms with Crippen LogP contribution in [0.25, 0.3) is 32.4 Å². The lowest BCUT2D eigenvalue weighted by Crippen LogP contribution is -2.30. The lowest BCUT2D eigenvalue weighted by Gasteiger charge is -2.21. The molecule has 4 aromatic carbocycles. The minimum atomic E-state index is -0.0898. The normalized spacial score (nSPS) is 11.2. The third kappa shape index (κ3) is 4.50. The molecular formula is C32H25N3OS. The van der Waals surface area contributed by atoms with Crippen molar-refractivity contribution in [3.63, 3.8) is 0 Å². The zero-order valence-electron chi connectivity index (χ0n) is 20.7. The van der Waals surface area contributed by atoms with Gasteiger partial charge in [0.1, 0.15) is 0 Å². The lowest BCUT2D eigenvalue weighted by atomic mass is 10.0. The number of fused-ring (bicyclic) bond motifs is 2. The number of carbonyl (C=O) groups excluding carboxylic acids is 1. The Bertz CT molecular complexity index is 1740. The van der Waals surface area contributed by atoms with Crippen LogP contribution >= 0.6 is 11.3 Å². The quantitative estimate of drug-likeness (QED) is 0.242. The van der Waals surface area contributed by atoms with Crippen molar-refractivity contribution < 1.29 is 4.79 Å². The molecular weight excluding hydrogens is 474 g/mol. The molecule has 0 fully saturated rings. The van der Waals surface area contributed by atoms with Gasteiger partial charge in [0, 0.05) is 10.9 Å². The van der Waals surface area contributed by atoms with Crippen LogP contribution in [0.15, 0.2) is 103 Å². The molecule has 1 amide bonds. The maximum Gasteiger partial charge on any atom is 0.261 e. The van der Waals surface area contributed by atoms with Gasteiger partial charge in [-0.2, -0.15) is 0 Å². The molecule has 5 heteroatoms. The smallest absolute Gasteiger partial charge is 0.261 e. The van der Waals surface area contributed by atoms with Crippen LogP contribution in [0.5, 0.6) is 0 Å². The van der Waals surface area contributed by atoms with Crippen molar-refractivity contribution in [2.45, 2.75) is 20.4 Å². The second-order valence-corrected chi connectivity index (χ2v) is 10.2. The molecule has 0 spiro atoms. The highest BCUT2D eigenvalue weighted by atomic mass is 32.1. The molecule has 0 aliphatic heterocycles. The van der Waals surface area contributed by atoms with Crippen LogP contribution in [0.2, 0.25) is 0 Å². The van der Waals surface area contributed by atoms with E-state index >= 15 is 0 Å². The Morgan fingerprint density at radius 1 is 0.784 bits per heavy atom. The number of hydrogen-bond acceptors (Lipinski definition) is 4. The van der Waals surface area contributed by atoms with E-state index < -0.39 is 0 Å². The SMILES string of the molecule is Cc1cc(C)c2sc(N(Cc3ccccc3)C(=O)c3cc(-c4ccccc4)nc4ccccc34)nc2c1. The zero-order valence-corrected chi connectivity index (χ0v) is 21.5. The van der Waals surface area contributed by atoms with Crippen molar-refractivity contribution in [2.75, 3.05) is 4.90 Å². The van der Waals surface area contributed by atoms with Crippen molar-refractivity contribution >= 4 is 43.5 Å². The van der Waals surface area contributed by atoms with Crippen LogP contribution in [-0.2, 0) is 6.54 Å². The van der Waals surface area contributed by atoms with Crippen LogP contribution in [-0.4, -0.2) is 15.9 Å². The fourth-order valence-electron chi connectivity index (χ4n) is 4.73. The van der Waals surface area contributed by atoms with Crippen molar-refractivity contribution in [2.24, 2.45) is 0 Å². The summed E-state index contributed by atoms with van der Waals surface area (Å²) in [6.07, 6.45) is 0. The van der Waals surface area contributed by atoms with E-state index in [1.165, 1.54) is 5.56 Å². The third-order valence-electron chi connectivity index (χ3n) is 6.48. The van der Waals surface area contributed by atoms with Gasteiger partial charge in [0.2, 0.25) is 0 Å². The number of hydrogen-bond donors (Lipinski definition) is 0. The number of benzene rings is 4. The maximum absolute atomic E-state index is 14.4. The predicted octanol–water partition coefficient (Wildman–Crippen LogP) is 7.98. The lowest BCUT2D eigenvalue weighted by molar-refractivity contribution is 0.0986. The zero-order chi connectivity index (χ0) is 25.4. The molecule has 2 heterocycles. The summed E-state index contributed by atoms with van der Waals surface area (Å²) in [6.45, 7) is 4.60. The van der Waals surface area contributed by atoms with E-state index in [0.29, 0.717) is 17.2 Å². The molecule has 0 aliphatic carbocycles. The largest absolute Gasteiger partial charge is 0.279 e. The summed E-state index contributed by atoms with van der Waals surface area (Å²) >= 11 is 1.57. The summed E-state index contributed by atoms with van der Waals surface area (Å²) in [7, 11) is 0. The van der Waals surface area contributed by atoms with Crippen LogP contribution in [0, 0.1) is 13.8 Å². The van der Waals surface area contributed by atoms with Gasteiger partial charge in [-0.05, 0) is 48.7 Å². The fourth-order valence-corrected chi connectivity index (χ4v) is 5.74. The standard InChI is InChI=1S/C32H25N3OS/c1-21-17-22(2)30-29(18-21)34-32(37-30)35(20-23-11-5-3-6-12-23)31(36)26-19-28(24-13-7-4-8-14-24)33-27-16-10-9-15-25(26)27/h3-19H,20H2,1-2H3. The van der Waals surface area contributed by atoms with Gasteiger partial charge in [0.25, 0.3) is 5.91 Å². The van der Waals surface area contributed by atoms with Crippen LogP contribution in [0.1, 0.15) is 27.0 Å². The Hall–Kier alpha value is -4.35. The third-order valence-corrected chi connectivity index (χ3v) is 7.71. The molecule has 0 radical (unpaired) electrons. The highest BCUT2D eigenvalue weighted by molar-refractivity contribution is 7.22. The van der Waals surface area contributed by atoms with E-state index in [4.69, 9.17) is 9.97 Å². The molecule has 0 saturated heterocycles. The number of nitrogens with zero attached hydrogens (tertiary/aromatic N) is 3. The first-order chi connectivity index (χ1) is 18.1. The average Bonchev–Trinajstić information content (AvgIpc) is 3.36. The molecule has 0 unspecified atom stereocenters. The second-order valence-electron chi connectivity index (χ2n) is 9.24. The number of aromatic nitrogens is 2. The first kappa shape index (κ1) is 23.1. The van der Waals surface area contributed by atoms with Crippen LogP contribution in [0.4, 0.5) is 5.13 Å². The van der Waals surface area contributed by atoms with Crippen LogP contribution < -0.4 is 4.90 Å². The Labute approximate surface area is 219 Å². The molecule has 2 aromatic heterocycles. The summed E-state index contributed by atoms with van der Waals surface area (Å²) in [4.78, 5) is 26.1. The van der Waals surface area contributed by atoms with E-state index in [-0.39, 0.29) is 5.91 Å². The molecule has 0 atom stereocenters. The summed E-state index contributed by atoms with van der Waals surface area (Å²) < 4.78 is 1.11. The first-order valence-electron chi connectivity index (χ1n) is 12.3. The van der Waals surface area contributed by atoms with Gasteiger partial charge in [0.15, 0.2) is 5.13 Å². The fraction of sp³-hybridized carbons (Fsp3) is 0.0938. The number of anilines is 1. The van der Waals surface area contributed by atoms with E-state index in [0.717, 1.165) is 43.5 Å². The number of carbonyl (C=O) groups is 1. The molecule has 37 heavy (non-hydrogen) atoms. The van der Waals surface area contributed by atoms with Gasteiger partial charge >= 0.3 is 0 Å². The number of para-hydroxylation sites is 1. The minimum absolute atomic E-state index is 0.0898.